The van der Waals surface area contributed by atoms with E-state index in [1.165, 1.54) is 0 Å². The number of halogens is 1. The Morgan fingerprint density at radius 3 is 2.55 bits per heavy atom. The molecule has 1 unspecified atom stereocenters. The highest BCUT2D eigenvalue weighted by molar-refractivity contribution is 6.31. The lowest BCUT2D eigenvalue weighted by atomic mass is 10.1. The minimum absolute atomic E-state index is 0.00264. The lowest BCUT2D eigenvalue weighted by Gasteiger charge is -2.10. The molecule has 0 saturated heterocycles. The van der Waals surface area contributed by atoms with Crippen LogP contribution >= 0.6 is 11.6 Å². The predicted molar refractivity (Wildman–Crippen MR) is 86.1 cm³/mol. The summed E-state index contributed by atoms with van der Waals surface area (Å²) in [5.41, 5.74) is 0.830. The minimum atomic E-state index is -0.458. The predicted octanol–water partition coefficient (Wildman–Crippen LogP) is 4.31. The lowest BCUT2D eigenvalue weighted by molar-refractivity contribution is -0.148. The molecule has 5 heteroatoms. The molecule has 0 fully saturated rings. The Hall–Kier alpha value is -1.55. The summed E-state index contributed by atoms with van der Waals surface area (Å²) in [6.07, 6.45) is 2.11. The standard InChI is InChI=1S/C17H23ClO4/c1-4-5-12(2)11-21-16(19)8-9-17(20)22-14-6-7-15(18)13(3)10-14/h6-7,10,12H,4-5,8-9,11H2,1-3H3. The topological polar surface area (TPSA) is 52.6 Å². The molecule has 1 aromatic carbocycles. The molecule has 1 atom stereocenters. The molecule has 1 aromatic rings. The highest BCUT2D eigenvalue weighted by atomic mass is 35.5. The van der Waals surface area contributed by atoms with Gasteiger partial charge in [0.25, 0.3) is 0 Å². The fourth-order valence-electron chi connectivity index (χ4n) is 1.95. The summed E-state index contributed by atoms with van der Waals surface area (Å²) >= 11 is 5.90. The van der Waals surface area contributed by atoms with Gasteiger partial charge in [-0.3, -0.25) is 9.59 Å². The molecule has 0 amide bonds. The SMILES string of the molecule is CCCC(C)COC(=O)CCC(=O)Oc1ccc(Cl)c(C)c1. The van der Waals surface area contributed by atoms with E-state index < -0.39 is 5.97 Å². The van der Waals surface area contributed by atoms with Crippen molar-refractivity contribution >= 4 is 23.5 Å². The van der Waals surface area contributed by atoms with Crippen molar-refractivity contribution in [2.75, 3.05) is 6.61 Å². The number of hydrogen-bond acceptors (Lipinski definition) is 4. The van der Waals surface area contributed by atoms with Gasteiger partial charge in [-0.2, -0.15) is 0 Å². The van der Waals surface area contributed by atoms with Gasteiger partial charge in [0.2, 0.25) is 0 Å². The van der Waals surface area contributed by atoms with Crippen LogP contribution in [0.25, 0.3) is 0 Å². The molecular weight excluding hydrogens is 304 g/mol. The number of ether oxygens (including phenoxy) is 2. The molecule has 22 heavy (non-hydrogen) atoms. The average molecular weight is 327 g/mol. The van der Waals surface area contributed by atoms with E-state index in [-0.39, 0.29) is 18.8 Å². The Bertz CT molecular complexity index is 513. The number of benzene rings is 1. The summed E-state index contributed by atoms with van der Waals surface area (Å²) in [6, 6.07) is 4.98. The highest BCUT2D eigenvalue weighted by Gasteiger charge is 2.12. The first-order valence-corrected chi connectivity index (χ1v) is 7.92. The van der Waals surface area contributed by atoms with E-state index in [2.05, 4.69) is 6.92 Å². The number of esters is 2. The van der Waals surface area contributed by atoms with Crippen LogP contribution in [-0.4, -0.2) is 18.5 Å². The Morgan fingerprint density at radius 2 is 1.91 bits per heavy atom. The minimum Gasteiger partial charge on any atom is -0.465 e. The molecule has 0 aliphatic heterocycles. The van der Waals surface area contributed by atoms with E-state index in [0.29, 0.717) is 23.3 Å². The maximum absolute atomic E-state index is 11.7. The van der Waals surface area contributed by atoms with Gasteiger partial charge in [-0.05, 0) is 43.0 Å². The van der Waals surface area contributed by atoms with Gasteiger partial charge in [-0.1, -0.05) is 31.9 Å². The Labute approximate surface area is 136 Å². The van der Waals surface area contributed by atoms with Crippen LogP contribution in [-0.2, 0) is 14.3 Å². The van der Waals surface area contributed by atoms with Crippen LogP contribution in [0.5, 0.6) is 5.75 Å². The molecule has 0 aliphatic carbocycles. The van der Waals surface area contributed by atoms with Crippen LogP contribution in [0.1, 0.15) is 45.1 Å². The molecular formula is C17H23ClO4. The molecule has 0 N–H and O–H groups in total. The Kier molecular flexibility index (Phi) is 7.96. The molecule has 0 bridgehead atoms. The zero-order valence-electron chi connectivity index (χ0n) is 13.4. The lowest BCUT2D eigenvalue weighted by Crippen LogP contribution is -2.15. The first kappa shape index (κ1) is 18.5. The van der Waals surface area contributed by atoms with E-state index in [4.69, 9.17) is 21.1 Å². The van der Waals surface area contributed by atoms with Crippen LogP contribution in [0.2, 0.25) is 5.02 Å². The van der Waals surface area contributed by atoms with Crippen molar-refractivity contribution in [1.29, 1.82) is 0 Å². The number of rotatable bonds is 8. The van der Waals surface area contributed by atoms with Gasteiger partial charge in [0.05, 0.1) is 19.4 Å². The smallest absolute Gasteiger partial charge is 0.311 e. The van der Waals surface area contributed by atoms with Crippen molar-refractivity contribution in [2.45, 2.75) is 46.5 Å². The number of aryl methyl sites for hydroxylation is 1. The van der Waals surface area contributed by atoms with Gasteiger partial charge in [0.1, 0.15) is 5.75 Å². The van der Waals surface area contributed by atoms with Crippen LogP contribution < -0.4 is 4.74 Å². The zero-order valence-corrected chi connectivity index (χ0v) is 14.1. The molecule has 4 nitrogen and oxygen atoms in total. The van der Waals surface area contributed by atoms with Crippen molar-refractivity contribution in [3.63, 3.8) is 0 Å². The van der Waals surface area contributed by atoms with Crippen LogP contribution in [0.15, 0.2) is 18.2 Å². The fraction of sp³-hybridized carbons (Fsp3) is 0.529. The monoisotopic (exact) mass is 326 g/mol. The highest BCUT2D eigenvalue weighted by Crippen LogP contribution is 2.21. The molecule has 0 saturated carbocycles. The normalized spacial score (nSPS) is 11.8. The molecule has 122 valence electrons. The van der Waals surface area contributed by atoms with E-state index in [9.17, 15) is 9.59 Å². The van der Waals surface area contributed by atoms with Crippen molar-refractivity contribution in [2.24, 2.45) is 5.92 Å². The summed E-state index contributed by atoms with van der Waals surface area (Å²) in [5.74, 6) is -0.0535. The van der Waals surface area contributed by atoms with Gasteiger partial charge in [-0.15, -0.1) is 0 Å². The number of carbonyl (C=O) groups is 2. The molecule has 0 heterocycles. The van der Waals surface area contributed by atoms with E-state index in [1.54, 1.807) is 18.2 Å². The van der Waals surface area contributed by atoms with Crippen LogP contribution in [0.3, 0.4) is 0 Å². The molecule has 0 spiro atoms. The third-order valence-corrected chi connectivity index (χ3v) is 3.63. The van der Waals surface area contributed by atoms with Gasteiger partial charge in [0, 0.05) is 5.02 Å². The van der Waals surface area contributed by atoms with Crippen molar-refractivity contribution in [1.82, 2.24) is 0 Å². The van der Waals surface area contributed by atoms with E-state index in [1.807, 2.05) is 13.8 Å². The van der Waals surface area contributed by atoms with Crippen LogP contribution in [0.4, 0.5) is 0 Å². The molecule has 0 aliphatic rings. The Morgan fingerprint density at radius 1 is 1.23 bits per heavy atom. The molecule has 0 aromatic heterocycles. The summed E-state index contributed by atoms with van der Waals surface area (Å²) < 4.78 is 10.3. The second-order valence-electron chi connectivity index (χ2n) is 5.46. The average Bonchev–Trinajstić information content (AvgIpc) is 2.47. The first-order chi connectivity index (χ1) is 10.4. The molecule has 1 rings (SSSR count). The summed E-state index contributed by atoms with van der Waals surface area (Å²) in [4.78, 5) is 23.3. The molecule has 0 radical (unpaired) electrons. The largest absolute Gasteiger partial charge is 0.465 e. The maximum atomic E-state index is 11.7. The van der Waals surface area contributed by atoms with Crippen molar-refractivity contribution < 1.29 is 19.1 Å². The second-order valence-corrected chi connectivity index (χ2v) is 5.87. The van der Waals surface area contributed by atoms with Gasteiger partial charge in [0.15, 0.2) is 0 Å². The van der Waals surface area contributed by atoms with Gasteiger partial charge < -0.3 is 9.47 Å². The summed E-state index contributed by atoms with van der Waals surface area (Å²) in [7, 11) is 0. The number of hydrogen-bond donors (Lipinski definition) is 0. The van der Waals surface area contributed by atoms with Crippen molar-refractivity contribution in [3.8, 4) is 5.75 Å². The first-order valence-electron chi connectivity index (χ1n) is 7.54. The van der Waals surface area contributed by atoms with Gasteiger partial charge >= 0.3 is 11.9 Å². The summed E-state index contributed by atoms with van der Waals surface area (Å²) in [6.45, 7) is 6.35. The third-order valence-electron chi connectivity index (χ3n) is 3.20. The quantitative estimate of drug-likeness (QED) is 0.527. The zero-order chi connectivity index (χ0) is 16.5. The number of carbonyl (C=O) groups excluding carboxylic acids is 2. The fourth-order valence-corrected chi connectivity index (χ4v) is 2.07. The van der Waals surface area contributed by atoms with E-state index >= 15 is 0 Å². The summed E-state index contributed by atoms with van der Waals surface area (Å²) in [5, 5.41) is 0.615. The third kappa shape index (κ3) is 6.94. The van der Waals surface area contributed by atoms with Crippen molar-refractivity contribution in [3.05, 3.63) is 28.8 Å². The second kappa shape index (κ2) is 9.46. The van der Waals surface area contributed by atoms with Gasteiger partial charge in [-0.25, -0.2) is 0 Å². The van der Waals surface area contributed by atoms with E-state index in [0.717, 1.165) is 18.4 Å². The Balaban J connectivity index is 2.30. The van der Waals surface area contributed by atoms with Crippen LogP contribution in [0, 0.1) is 12.8 Å². The maximum Gasteiger partial charge on any atom is 0.311 e.